The first-order valence-corrected chi connectivity index (χ1v) is 13.2. The minimum Gasteiger partial charge on any atom is -0.508 e. The number of ether oxygens (including phenoxy) is 2. The molecule has 1 unspecified atom stereocenters. The molecule has 1 fully saturated rings. The van der Waals surface area contributed by atoms with E-state index in [0.29, 0.717) is 34.8 Å². The average molecular weight is 542 g/mol. The highest BCUT2D eigenvalue weighted by molar-refractivity contribution is 5.94. The quantitative estimate of drug-likeness (QED) is 0.223. The molecular formula is C31H34F3NO4. The molecule has 8 heteroatoms. The van der Waals surface area contributed by atoms with E-state index in [-0.39, 0.29) is 23.4 Å². The second-order valence-electron chi connectivity index (χ2n) is 9.96. The van der Waals surface area contributed by atoms with Crippen LogP contribution in [0, 0.1) is 5.92 Å². The lowest BCUT2D eigenvalue weighted by Gasteiger charge is -2.37. The van der Waals surface area contributed by atoms with Crippen molar-refractivity contribution in [2.24, 2.45) is 5.92 Å². The third-order valence-electron chi connectivity index (χ3n) is 7.39. The lowest BCUT2D eigenvalue weighted by atomic mass is 9.75. The molecule has 1 atom stereocenters. The Hall–Kier alpha value is -3.52. The van der Waals surface area contributed by atoms with Crippen molar-refractivity contribution in [2.75, 3.05) is 33.4 Å². The van der Waals surface area contributed by atoms with E-state index in [2.05, 4.69) is 4.90 Å². The van der Waals surface area contributed by atoms with Gasteiger partial charge in [0, 0.05) is 23.6 Å². The maximum atomic E-state index is 13.5. The number of piperidine rings is 1. The lowest BCUT2D eigenvalue weighted by molar-refractivity contribution is -0.137. The maximum Gasteiger partial charge on any atom is 0.416 e. The SMILES string of the molecule is COc1cc(C(C)=O)ccc1OCCCN1CCC(C(c2cccc(C(F)(F)F)c2)c2ccccc2O)CC1. The molecule has 1 heterocycles. The van der Waals surface area contributed by atoms with Gasteiger partial charge in [0.1, 0.15) is 5.75 Å². The zero-order valence-electron chi connectivity index (χ0n) is 22.2. The van der Waals surface area contributed by atoms with Gasteiger partial charge >= 0.3 is 6.18 Å². The molecule has 3 aromatic carbocycles. The predicted molar refractivity (Wildman–Crippen MR) is 144 cm³/mol. The van der Waals surface area contributed by atoms with Gasteiger partial charge in [-0.15, -0.1) is 0 Å². The zero-order chi connectivity index (χ0) is 28.0. The number of alkyl halides is 3. The van der Waals surface area contributed by atoms with E-state index in [4.69, 9.17) is 9.47 Å². The largest absolute Gasteiger partial charge is 0.508 e. The van der Waals surface area contributed by atoms with E-state index < -0.39 is 11.7 Å². The number of methoxy groups -OCH3 is 1. The highest BCUT2D eigenvalue weighted by atomic mass is 19.4. The number of carbonyl (C=O) groups excluding carboxylic acids is 1. The van der Waals surface area contributed by atoms with Crippen molar-refractivity contribution in [3.8, 4) is 17.2 Å². The van der Waals surface area contributed by atoms with Crippen LogP contribution in [0.15, 0.2) is 66.7 Å². The fourth-order valence-electron chi connectivity index (χ4n) is 5.35. The molecule has 4 rings (SSSR count). The van der Waals surface area contributed by atoms with Crippen LogP contribution in [0.2, 0.25) is 0 Å². The molecule has 1 saturated heterocycles. The number of aromatic hydroxyl groups is 1. The standard InChI is InChI=1S/C31H34F3NO4/c1-21(36)23-11-12-28(29(20-23)38-2)39-18-6-15-35-16-13-22(14-17-35)30(26-9-3-4-10-27(26)37)24-7-5-8-25(19-24)31(32,33)34/h3-5,7-12,19-20,22,30,37H,6,13-18H2,1-2H3. The number of Topliss-reactive ketones (excluding diaryl/α,β-unsaturated/α-hetero) is 1. The van der Waals surface area contributed by atoms with Crippen LogP contribution in [0.3, 0.4) is 0 Å². The Morgan fingerprint density at radius 3 is 2.44 bits per heavy atom. The van der Waals surface area contributed by atoms with Gasteiger partial charge in [0.2, 0.25) is 0 Å². The fraction of sp³-hybridized carbons (Fsp3) is 0.387. The molecule has 5 nitrogen and oxygen atoms in total. The lowest BCUT2D eigenvalue weighted by Crippen LogP contribution is -2.37. The summed E-state index contributed by atoms with van der Waals surface area (Å²) in [6.07, 6.45) is -2.03. The van der Waals surface area contributed by atoms with E-state index in [0.717, 1.165) is 45.0 Å². The predicted octanol–water partition coefficient (Wildman–Crippen LogP) is 6.94. The van der Waals surface area contributed by atoms with E-state index >= 15 is 0 Å². The molecule has 1 aliphatic rings. The van der Waals surface area contributed by atoms with E-state index in [9.17, 15) is 23.1 Å². The van der Waals surface area contributed by atoms with Crippen LogP contribution in [0.4, 0.5) is 13.2 Å². The number of nitrogens with zero attached hydrogens (tertiary/aromatic N) is 1. The number of rotatable bonds is 10. The van der Waals surface area contributed by atoms with Gasteiger partial charge < -0.3 is 19.5 Å². The molecular weight excluding hydrogens is 507 g/mol. The monoisotopic (exact) mass is 541 g/mol. The zero-order valence-corrected chi connectivity index (χ0v) is 22.2. The minimum absolute atomic E-state index is 0.0407. The summed E-state index contributed by atoms with van der Waals surface area (Å²) >= 11 is 0. The van der Waals surface area contributed by atoms with Crippen molar-refractivity contribution in [1.29, 1.82) is 0 Å². The second-order valence-corrected chi connectivity index (χ2v) is 9.96. The Morgan fingerprint density at radius 2 is 1.77 bits per heavy atom. The van der Waals surface area contributed by atoms with Crippen LogP contribution in [0.25, 0.3) is 0 Å². The smallest absolute Gasteiger partial charge is 0.416 e. The van der Waals surface area contributed by atoms with Crippen molar-refractivity contribution < 1.29 is 32.5 Å². The maximum absolute atomic E-state index is 13.5. The number of para-hydroxylation sites is 1. The topological polar surface area (TPSA) is 59.0 Å². The molecule has 0 saturated carbocycles. The van der Waals surface area contributed by atoms with Crippen LogP contribution in [0.1, 0.15) is 59.2 Å². The molecule has 0 aromatic heterocycles. The number of likely N-dealkylation sites (tertiary alicyclic amines) is 1. The molecule has 1 N–H and O–H groups in total. The molecule has 0 spiro atoms. The summed E-state index contributed by atoms with van der Waals surface area (Å²) in [6, 6.07) is 17.6. The fourth-order valence-corrected chi connectivity index (χ4v) is 5.35. The number of benzene rings is 3. The average Bonchev–Trinajstić information content (AvgIpc) is 2.92. The Kier molecular flexibility index (Phi) is 9.17. The number of hydrogen-bond donors (Lipinski definition) is 1. The third kappa shape index (κ3) is 7.12. The first kappa shape index (κ1) is 28.5. The third-order valence-corrected chi connectivity index (χ3v) is 7.39. The summed E-state index contributed by atoms with van der Waals surface area (Å²) in [5, 5.41) is 10.6. The molecule has 208 valence electrons. The van der Waals surface area contributed by atoms with Crippen molar-refractivity contribution in [2.45, 2.75) is 38.3 Å². The molecule has 3 aromatic rings. The van der Waals surface area contributed by atoms with Gasteiger partial charge in [0.15, 0.2) is 17.3 Å². The van der Waals surface area contributed by atoms with Gasteiger partial charge in [-0.25, -0.2) is 0 Å². The summed E-state index contributed by atoms with van der Waals surface area (Å²) in [7, 11) is 1.54. The number of carbonyl (C=O) groups is 1. The highest BCUT2D eigenvalue weighted by Crippen LogP contribution is 2.42. The molecule has 0 radical (unpaired) electrons. The normalized spacial score (nSPS) is 15.6. The van der Waals surface area contributed by atoms with Crippen LogP contribution in [-0.2, 0) is 6.18 Å². The number of hydrogen-bond acceptors (Lipinski definition) is 5. The van der Waals surface area contributed by atoms with E-state index in [1.54, 1.807) is 42.5 Å². The summed E-state index contributed by atoms with van der Waals surface area (Å²) in [5.41, 5.74) is 1.12. The van der Waals surface area contributed by atoms with Crippen molar-refractivity contribution in [3.63, 3.8) is 0 Å². The Morgan fingerprint density at radius 1 is 1.03 bits per heavy atom. The van der Waals surface area contributed by atoms with E-state index in [1.807, 2.05) is 6.07 Å². The molecule has 39 heavy (non-hydrogen) atoms. The molecule has 0 amide bonds. The molecule has 0 bridgehead atoms. The highest BCUT2D eigenvalue weighted by Gasteiger charge is 2.34. The first-order chi connectivity index (χ1) is 18.7. The summed E-state index contributed by atoms with van der Waals surface area (Å²) in [6.45, 7) is 4.43. The number of phenols is 1. The number of ketones is 1. The summed E-state index contributed by atoms with van der Waals surface area (Å²) < 4.78 is 51.7. The first-order valence-electron chi connectivity index (χ1n) is 13.2. The Balaban J connectivity index is 1.37. The number of halogens is 3. The van der Waals surface area contributed by atoms with Gasteiger partial charge in [0.25, 0.3) is 0 Å². The van der Waals surface area contributed by atoms with Gasteiger partial charge in [-0.3, -0.25) is 4.79 Å². The van der Waals surface area contributed by atoms with Crippen molar-refractivity contribution >= 4 is 5.78 Å². The Labute approximate surface area is 227 Å². The van der Waals surface area contributed by atoms with Crippen molar-refractivity contribution in [3.05, 3.63) is 89.0 Å². The summed E-state index contributed by atoms with van der Waals surface area (Å²) in [5.74, 6) is 0.941. The Bertz CT molecular complexity index is 1270. The van der Waals surface area contributed by atoms with Gasteiger partial charge in [-0.05, 0) is 81.1 Å². The molecule has 1 aliphatic heterocycles. The van der Waals surface area contributed by atoms with Crippen LogP contribution in [0.5, 0.6) is 17.2 Å². The van der Waals surface area contributed by atoms with E-state index in [1.165, 1.54) is 26.2 Å². The van der Waals surface area contributed by atoms with Crippen molar-refractivity contribution in [1.82, 2.24) is 4.90 Å². The van der Waals surface area contributed by atoms with Gasteiger partial charge in [-0.1, -0.05) is 36.4 Å². The second kappa shape index (κ2) is 12.6. The molecule has 0 aliphatic carbocycles. The van der Waals surface area contributed by atoms with Crippen LogP contribution in [-0.4, -0.2) is 49.1 Å². The van der Waals surface area contributed by atoms with Gasteiger partial charge in [-0.2, -0.15) is 13.2 Å². The van der Waals surface area contributed by atoms with Gasteiger partial charge in [0.05, 0.1) is 19.3 Å². The minimum atomic E-state index is -4.43. The summed E-state index contributed by atoms with van der Waals surface area (Å²) in [4.78, 5) is 13.9. The number of phenolic OH excluding ortho intramolecular Hbond substituents is 1. The van der Waals surface area contributed by atoms with Crippen LogP contribution >= 0.6 is 0 Å². The van der Waals surface area contributed by atoms with Crippen LogP contribution < -0.4 is 9.47 Å².